The van der Waals surface area contributed by atoms with Crippen LogP contribution < -0.4 is 10.6 Å². The minimum Gasteiger partial charge on any atom is -0.396 e. The van der Waals surface area contributed by atoms with Gasteiger partial charge in [0.1, 0.15) is 16.3 Å². The second-order valence-electron chi connectivity index (χ2n) is 10.7. The first-order valence-electron chi connectivity index (χ1n) is 12.9. The molecule has 2 atom stereocenters. The number of nitrogens with zero attached hydrogens (tertiary/aromatic N) is 4. The predicted molar refractivity (Wildman–Crippen MR) is 148 cm³/mol. The molecular weight excluding hydrogens is 525 g/mol. The van der Waals surface area contributed by atoms with E-state index in [-0.39, 0.29) is 18.6 Å². The smallest absolute Gasteiger partial charge is 0.396 e. The van der Waals surface area contributed by atoms with E-state index in [1.165, 1.54) is 12.1 Å². The van der Waals surface area contributed by atoms with Gasteiger partial charge in [0.05, 0.1) is 27.7 Å². The van der Waals surface area contributed by atoms with Gasteiger partial charge in [-0.15, -0.1) is 11.3 Å². The number of aliphatic hydroxyl groups is 1. The summed E-state index contributed by atoms with van der Waals surface area (Å²) in [4.78, 5) is 18.5. The number of fused-ring (bicyclic) bond motifs is 1. The van der Waals surface area contributed by atoms with Crippen LogP contribution in [0.2, 0.25) is 0 Å². The number of halogens is 3. The van der Waals surface area contributed by atoms with E-state index in [9.17, 15) is 18.3 Å². The van der Waals surface area contributed by atoms with E-state index in [0.717, 1.165) is 63.4 Å². The largest absolute Gasteiger partial charge is 0.416 e. The Balaban J connectivity index is 1.42. The summed E-state index contributed by atoms with van der Waals surface area (Å²) in [6, 6.07) is 7.37. The van der Waals surface area contributed by atoms with E-state index in [2.05, 4.69) is 15.6 Å². The molecule has 1 aliphatic rings. The lowest BCUT2D eigenvalue weighted by atomic mass is 9.84. The van der Waals surface area contributed by atoms with E-state index in [0.29, 0.717) is 18.3 Å². The molecule has 0 spiro atoms. The molecule has 0 amide bonds. The van der Waals surface area contributed by atoms with Crippen molar-refractivity contribution in [1.82, 2.24) is 19.9 Å². The molecule has 5 rings (SSSR count). The molecule has 11 heteroatoms. The van der Waals surface area contributed by atoms with Crippen LogP contribution >= 0.6 is 11.3 Å². The zero-order valence-corrected chi connectivity index (χ0v) is 22.8. The molecule has 0 saturated heterocycles. The third-order valence-electron chi connectivity index (χ3n) is 7.32. The summed E-state index contributed by atoms with van der Waals surface area (Å²) in [5, 5.41) is 17.3. The van der Waals surface area contributed by atoms with E-state index >= 15 is 0 Å². The summed E-state index contributed by atoms with van der Waals surface area (Å²) in [5.41, 5.74) is 2.03. The van der Waals surface area contributed by atoms with Gasteiger partial charge < -0.3 is 15.7 Å². The van der Waals surface area contributed by atoms with Crippen LogP contribution in [0.25, 0.3) is 20.8 Å². The molecule has 1 saturated carbocycles. The van der Waals surface area contributed by atoms with Crippen LogP contribution in [0.3, 0.4) is 0 Å². The maximum atomic E-state index is 13.0. The molecule has 0 aliphatic heterocycles. The van der Waals surface area contributed by atoms with Crippen molar-refractivity contribution in [2.75, 3.05) is 23.8 Å². The molecular formula is C28H31F3N6OS. The highest BCUT2D eigenvalue weighted by atomic mass is 32.1. The number of aliphatic hydroxyl groups excluding tert-OH is 1. The molecule has 0 radical (unpaired) electrons. The van der Waals surface area contributed by atoms with Gasteiger partial charge in [0.2, 0.25) is 5.95 Å². The van der Waals surface area contributed by atoms with Gasteiger partial charge in [-0.2, -0.15) is 18.2 Å². The van der Waals surface area contributed by atoms with Crippen LogP contribution in [-0.2, 0) is 11.6 Å². The van der Waals surface area contributed by atoms with Crippen molar-refractivity contribution >= 4 is 33.3 Å². The lowest BCUT2D eigenvalue weighted by Gasteiger charge is -2.26. The van der Waals surface area contributed by atoms with Gasteiger partial charge in [-0.25, -0.2) is 9.97 Å². The number of aromatic nitrogens is 4. The maximum Gasteiger partial charge on any atom is 0.416 e. The summed E-state index contributed by atoms with van der Waals surface area (Å²) >= 11 is 1.55. The highest BCUT2D eigenvalue weighted by Gasteiger charge is 2.31. The number of rotatable bonds is 8. The molecule has 1 aromatic carbocycles. The molecule has 7 nitrogen and oxygen atoms in total. The fraction of sp³-hybridized carbons (Fsp3) is 0.429. The quantitative estimate of drug-likeness (QED) is 0.230. The molecule has 3 aromatic heterocycles. The summed E-state index contributed by atoms with van der Waals surface area (Å²) in [7, 11) is 0. The Morgan fingerprint density at radius 2 is 1.77 bits per heavy atom. The monoisotopic (exact) mass is 556 g/mol. The molecule has 206 valence electrons. The normalized spacial score (nSPS) is 18.0. The maximum absolute atomic E-state index is 13.0. The van der Waals surface area contributed by atoms with Crippen molar-refractivity contribution in [2.45, 2.75) is 57.7 Å². The van der Waals surface area contributed by atoms with Crippen LogP contribution in [0.15, 0.2) is 42.7 Å². The molecule has 4 aromatic rings. The van der Waals surface area contributed by atoms with Crippen LogP contribution in [-0.4, -0.2) is 44.2 Å². The number of hydrogen-bond donors (Lipinski definition) is 3. The molecule has 3 heterocycles. The average Bonchev–Trinajstić information content (AvgIpc) is 3.53. The van der Waals surface area contributed by atoms with E-state index < -0.39 is 17.2 Å². The standard InChI is InChI=1S/C28H31F3N6OS/c1-16-23(25-36-21-13-32-11-10-22(21)39-25)24(35-20-9-4-17(12-20)14-38)37-26(34-16)33-15-27(2,3)18-5-7-19(8-6-18)28(29,30)31/h5-8,10-11,13,17,20,38H,4,9,12,14-15H2,1-3H3,(H2,33,34,35,37). The number of hydrogen-bond acceptors (Lipinski definition) is 8. The van der Waals surface area contributed by atoms with Crippen molar-refractivity contribution in [2.24, 2.45) is 5.92 Å². The van der Waals surface area contributed by atoms with Crippen LogP contribution in [0.1, 0.15) is 49.9 Å². The Kier molecular flexibility index (Phi) is 7.47. The summed E-state index contributed by atoms with van der Waals surface area (Å²) in [6.45, 7) is 6.44. The number of anilines is 2. The average molecular weight is 557 g/mol. The highest BCUT2D eigenvalue weighted by Crippen LogP contribution is 2.38. The van der Waals surface area contributed by atoms with Gasteiger partial charge in [-0.3, -0.25) is 4.98 Å². The Hall–Kier alpha value is -3.31. The van der Waals surface area contributed by atoms with Gasteiger partial charge in [0.15, 0.2) is 0 Å². The van der Waals surface area contributed by atoms with Crippen LogP contribution in [0, 0.1) is 12.8 Å². The van der Waals surface area contributed by atoms with E-state index in [1.54, 1.807) is 23.7 Å². The minimum atomic E-state index is -4.37. The molecule has 1 fully saturated rings. The number of alkyl halides is 3. The SMILES string of the molecule is Cc1nc(NCC(C)(C)c2ccc(C(F)(F)F)cc2)nc(NC2CCC(CO)C2)c1-c1nc2cnccc2s1. The Bertz CT molecular complexity index is 1420. The molecule has 1 aliphatic carbocycles. The fourth-order valence-corrected chi connectivity index (χ4v) is 6.01. The molecule has 0 bridgehead atoms. The summed E-state index contributed by atoms with van der Waals surface area (Å²) in [5.74, 6) is 1.37. The van der Waals surface area contributed by atoms with Crippen molar-refractivity contribution in [3.05, 3.63) is 59.5 Å². The second-order valence-corrected chi connectivity index (χ2v) is 11.8. The number of benzene rings is 1. The zero-order chi connectivity index (χ0) is 27.8. The summed E-state index contributed by atoms with van der Waals surface area (Å²) < 4.78 is 40.1. The minimum absolute atomic E-state index is 0.169. The van der Waals surface area contributed by atoms with Crippen molar-refractivity contribution in [3.63, 3.8) is 0 Å². The first-order valence-corrected chi connectivity index (χ1v) is 13.7. The molecule has 3 N–H and O–H groups in total. The highest BCUT2D eigenvalue weighted by molar-refractivity contribution is 7.21. The van der Waals surface area contributed by atoms with E-state index in [1.807, 2.05) is 26.8 Å². The Morgan fingerprint density at radius 3 is 2.44 bits per heavy atom. The fourth-order valence-electron chi connectivity index (χ4n) is 4.98. The summed E-state index contributed by atoms with van der Waals surface area (Å²) in [6.07, 6.45) is 1.85. The van der Waals surface area contributed by atoms with Crippen LogP contribution in [0.4, 0.5) is 24.9 Å². The number of thiazole rings is 1. The van der Waals surface area contributed by atoms with E-state index in [4.69, 9.17) is 15.0 Å². The van der Waals surface area contributed by atoms with Gasteiger partial charge in [0.25, 0.3) is 0 Å². The number of nitrogens with one attached hydrogen (secondary N) is 2. The predicted octanol–water partition coefficient (Wildman–Crippen LogP) is 6.44. The topological polar surface area (TPSA) is 95.9 Å². The molecule has 39 heavy (non-hydrogen) atoms. The number of pyridine rings is 1. The van der Waals surface area contributed by atoms with Gasteiger partial charge >= 0.3 is 6.18 Å². The first-order chi connectivity index (χ1) is 18.5. The Labute approximate surface area is 229 Å². The Morgan fingerprint density at radius 1 is 1.03 bits per heavy atom. The van der Waals surface area contributed by atoms with Crippen LogP contribution in [0.5, 0.6) is 0 Å². The third-order valence-corrected chi connectivity index (χ3v) is 8.37. The van der Waals surface area contributed by atoms with Gasteiger partial charge in [0, 0.05) is 30.8 Å². The lowest BCUT2D eigenvalue weighted by Crippen LogP contribution is -2.29. The second kappa shape index (κ2) is 10.7. The first kappa shape index (κ1) is 27.3. The zero-order valence-electron chi connectivity index (χ0n) is 22.0. The van der Waals surface area contributed by atoms with Crippen molar-refractivity contribution in [3.8, 4) is 10.6 Å². The van der Waals surface area contributed by atoms with Gasteiger partial charge in [-0.05, 0) is 55.9 Å². The van der Waals surface area contributed by atoms with Crippen molar-refractivity contribution < 1.29 is 18.3 Å². The molecule has 2 unspecified atom stereocenters. The van der Waals surface area contributed by atoms with Gasteiger partial charge in [-0.1, -0.05) is 26.0 Å². The number of aryl methyl sites for hydroxylation is 1. The lowest BCUT2D eigenvalue weighted by molar-refractivity contribution is -0.137. The third kappa shape index (κ3) is 5.99. The van der Waals surface area contributed by atoms with Crippen molar-refractivity contribution in [1.29, 1.82) is 0 Å².